The number of hydrogen-bond donors (Lipinski definition) is 0. The van der Waals surface area contributed by atoms with Crippen molar-refractivity contribution in [3.05, 3.63) is 46.8 Å². The highest BCUT2D eigenvalue weighted by molar-refractivity contribution is 6.36. The number of allylic oxidation sites excluding steroid dienone is 4. The highest BCUT2D eigenvalue weighted by Crippen LogP contribution is 2.26. The number of hydrogen-bond acceptors (Lipinski definition) is 1. The molecule has 1 aromatic heterocycles. The van der Waals surface area contributed by atoms with Crippen molar-refractivity contribution in [2.75, 3.05) is 0 Å². The van der Waals surface area contributed by atoms with Crippen LogP contribution in [0.15, 0.2) is 35.5 Å². The van der Waals surface area contributed by atoms with Crippen LogP contribution in [0.25, 0.3) is 5.57 Å². The number of aromatic nitrogens is 1. The van der Waals surface area contributed by atoms with Crippen LogP contribution in [-0.4, -0.2) is 4.98 Å². The molecule has 1 rings (SSSR count). The Morgan fingerprint density at radius 1 is 1.36 bits per heavy atom. The third-order valence-electron chi connectivity index (χ3n) is 2.06. The van der Waals surface area contributed by atoms with E-state index in [4.69, 9.17) is 11.6 Å². The van der Waals surface area contributed by atoms with E-state index in [0.29, 0.717) is 0 Å². The molecule has 0 aliphatic rings. The van der Waals surface area contributed by atoms with Crippen LogP contribution >= 0.6 is 11.6 Å². The topological polar surface area (TPSA) is 12.9 Å². The monoisotopic (exact) mass is 207 g/mol. The molecule has 1 nitrogen and oxygen atoms in total. The molecule has 2 heteroatoms. The fourth-order valence-electron chi connectivity index (χ4n) is 1.31. The lowest BCUT2D eigenvalue weighted by Crippen LogP contribution is -1.92. The predicted molar refractivity (Wildman–Crippen MR) is 62.2 cm³/mol. The minimum atomic E-state index is 0.745. The Hall–Kier alpha value is -1.08. The molecule has 0 spiro atoms. The SMILES string of the molecule is CC=C(Cl)C(=CC)c1ncccc1C. The Balaban J connectivity index is 3.22. The largest absolute Gasteiger partial charge is 0.256 e. The maximum atomic E-state index is 6.09. The second-order valence-electron chi connectivity index (χ2n) is 3.01. The van der Waals surface area contributed by atoms with Gasteiger partial charge in [-0.1, -0.05) is 29.8 Å². The Morgan fingerprint density at radius 3 is 2.57 bits per heavy atom. The first-order chi connectivity index (χ1) is 6.70. The van der Waals surface area contributed by atoms with Crippen LogP contribution in [0.3, 0.4) is 0 Å². The molecule has 1 aromatic rings. The van der Waals surface area contributed by atoms with E-state index in [1.54, 1.807) is 6.20 Å². The standard InChI is InChI=1S/C12H14ClN/c1-4-10(11(13)5-2)12-9(3)7-6-8-14-12/h4-8H,1-3H3. The van der Waals surface area contributed by atoms with E-state index in [1.165, 1.54) is 0 Å². The van der Waals surface area contributed by atoms with Gasteiger partial charge in [-0.25, -0.2) is 0 Å². The third kappa shape index (κ3) is 2.24. The maximum absolute atomic E-state index is 6.09. The van der Waals surface area contributed by atoms with E-state index >= 15 is 0 Å². The Labute approximate surface area is 90.1 Å². The van der Waals surface area contributed by atoms with Gasteiger partial charge >= 0.3 is 0 Å². The van der Waals surface area contributed by atoms with Crippen LogP contribution in [0.4, 0.5) is 0 Å². The van der Waals surface area contributed by atoms with Crippen molar-refractivity contribution < 1.29 is 0 Å². The van der Waals surface area contributed by atoms with Gasteiger partial charge in [0.05, 0.1) is 5.69 Å². The Bertz CT molecular complexity index is 378. The molecule has 0 N–H and O–H groups in total. The molecular weight excluding hydrogens is 194 g/mol. The van der Waals surface area contributed by atoms with Gasteiger partial charge < -0.3 is 0 Å². The van der Waals surface area contributed by atoms with Gasteiger partial charge in [-0.15, -0.1) is 0 Å². The molecule has 0 atom stereocenters. The third-order valence-corrected chi connectivity index (χ3v) is 2.49. The van der Waals surface area contributed by atoms with Crippen molar-refractivity contribution in [1.82, 2.24) is 4.98 Å². The predicted octanol–water partition coefficient (Wildman–Crippen LogP) is 3.94. The molecule has 0 radical (unpaired) electrons. The van der Waals surface area contributed by atoms with E-state index in [1.807, 2.05) is 45.1 Å². The van der Waals surface area contributed by atoms with Gasteiger partial charge in [0.2, 0.25) is 0 Å². The van der Waals surface area contributed by atoms with Crippen LogP contribution in [0, 0.1) is 6.92 Å². The van der Waals surface area contributed by atoms with Crippen molar-refractivity contribution in [2.45, 2.75) is 20.8 Å². The molecule has 0 amide bonds. The van der Waals surface area contributed by atoms with Gasteiger partial charge in [-0.2, -0.15) is 0 Å². The van der Waals surface area contributed by atoms with Crippen molar-refractivity contribution in [2.24, 2.45) is 0 Å². The first kappa shape index (κ1) is 11.0. The molecule has 1 heterocycles. The lowest BCUT2D eigenvalue weighted by atomic mass is 10.1. The summed E-state index contributed by atoms with van der Waals surface area (Å²) in [5, 5.41) is 0.745. The molecular formula is C12H14ClN. The number of halogens is 1. The van der Waals surface area contributed by atoms with E-state index < -0.39 is 0 Å². The second-order valence-corrected chi connectivity index (χ2v) is 3.42. The number of nitrogens with zero attached hydrogens (tertiary/aromatic N) is 1. The van der Waals surface area contributed by atoms with E-state index in [-0.39, 0.29) is 0 Å². The summed E-state index contributed by atoms with van der Waals surface area (Å²) in [6, 6.07) is 3.96. The summed E-state index contributed by atoms with van der Waals surface area (Å²) >= 11 is 6.09. The molecule has 0 fully saturated rings. The minimum absolute atomic E-state index is 0.745. The lowest BCUT2D eigenvalue weighted by molar-refractivity contribution is 1.22. The Morgan fingerprint density at radius 2 is 2.07 bits per heavy atom. The van der Waals surface area contributed by atoms with Crippen molar-refractivity contribution in [3.8, 4) is 0 Å². The van der Waals surface area contributed by atoms with Crippen LogP contribution in [0.5, 0.6) is 0 Å². The summed E-state index contributed by atoms with van der Waals surface area (Å²) in [4.78, 5) is 4.32. The lowest BCUT2D eigenvalue weighted by Gasteiger charge is -2.07. The molecule has 0 aliphatic carbocycles. The van der Waals surface area contributed by atoms with Crippen molar-refractivity contribution in [1.29, 1.82) is 0 Å². The van der Waals surface area contributed by atoms with Gasteiger partial charge in [0.25, 0.3) is 0 Å². The van der Waals surface area contributed by atoms with Gasteiger partial charge in [0.15, 0.2) is 0 Å². The molecule has 0 saturated carbocycles. The van der Waals surface area contributed by atoms with Gasteiger partial charge in [-0.3, -0.25) is 4.98 Å². The van der Waals surface area contributed by atoms with Gasteiger partial charge in [0, 0.05) is 16.8 Å². The zero-order valence-electron chi connectivity index (χ0n) is 8.71. The molecule has 0 aliphatic heterocycles. The summed E-state index contributed by atoms with van der Waals surface area (Å²) in [5.41, 5.74) is 3.09. The van der Waals surface area contributed by atoms with Crippen molar-refractivity contribution in [3.63, 3.8) is 0 Å². The molecule has 74 valence electrons. The highest BCUT2D eigenvalue weighted by atomic mass is 35.5. The zero-order chi connectivity index (χ0) is 10.6. The fraction of sp³-hybridized carbons (Fsp3) is 0.250. The summed E-state index contributed by atoms with van der Waals surface area (Å²) < 4.78 is 0. The number of aryl methyl sites for hydroxylation is 1. The zero-order valence-corrected chi connectivity index (χ0v) is 9.47. The molecule has 0 bridgehead atoms. The number of pyridine rings is 1. The highest BCUT2D eigenvalue weighted by Gasteiger charge is 2.07. The van der Waals surface area contributed by atoms with E-state index in [0.717, 1.165) is 21.9 Å². The summed E-state index contributed by atoms with van der Waals surface area (Å²) in [6.45, 7) is 5.92. The van der Waals surface area contributed by atoms with Crippen LogP contribution in [-0.2, 0) is 0 Å². The van der Waals surface area contributed by atoms with Gasteiger partial charge in [0.1, 0.15) is 0 Å². The molecule has 0 saturated heterocycles. The van der Waals surface area contributed by atoms with E-state index in [9.17, 15) is 0 Å². The minimum Gasteiger partial charge on any atom is -0.256 e. The summed E-state index contributed by atoms with van der Waals surface area (Å²) in [6.07, 6.45) is 5.65. The van der Waals surface area contributed by atoms with Gasteiger partial charge in [-0.05, 0) is 32.4 Å². The fourth-order valence-corrected chi connectivity index (χ4v) is 1.51. The molecule has 0 unspecified atom stereocenters. The summed E-state index contributed by atoms with van der Waals surface area (Å²) in [7, 11) is 0. The number of rotatable bonds is 2. The normalized spacial score (nSPS) is 13.1. The first-order valence-electron chi connectivity index (χ1n) is 4.61. The second kappa shape index (κ2) is 4.97. The smallest absolute Gasteiger partial charge is 0.0742 e. The quantitative estimate of drug-likeness (QED) is 0.670. The van der Waals surface area contributed by atoms with Crippen LogP contribution < -0.4 is 0 Å². The van der Waals surface area contributed by atoms with Crippen LogP contribution in [0.2, 0.25) is 0 Å². The maximum Gasteiger partial charge on any atom is 0.0742 e. The van der Waals surface area contributed by atoms with Crippen LogP contribution in [0.1, 0.15) is 25.1 Å². The molecule has 14 heavy (non-hydrogen) atoms. The van der Waals surface area contributed by atoms with Crippen molar-refractivity contribution >= 4 is 17.2 Å². The summed E-state index contributed by atoms with van der Waals surface area (Å²) in [5.74, 6) is 0. The molecule has 0 aromatic carbocycles. The average molecular weight is 208 g/mol. The Kier molecular flexibility index (Phi) is 3.90. The average Bonchev–Trinajstić information content (AvgIpc) is 2.21. The van der Waals surface area contributed by atoms with E-state index in [2.05, 4.69) is 4.98 Å². The first-order valence-corrected chi connectivity index (χ1v) is 4.99.